The maximum atomic E-state index is 12.2. The second-order valence-corrected chi connectivity index (χ2v) is 5.11. The molecule has 0 N–H and O–H groups in total. The quantitative estimate of drug-likeness (QED) is 0.572. The lowest BCUT2D eigenvalue weighted by Crippen LogP contribution is -2.20. The van der Waals surface area contributed by atoms with Gasteiger partial charge in [-0.05, 0) is 24.6 Å². The molecule has 0 saturated carbocycles. The maximum absolute atomic E-state index is 12.2. The molecule has 3 nitrogen and oxygen atoms in total. The Morgan fingerprint density at radius 2 is 2.00 bits per heavy atom. The van der Waals surface area contributed by atoms with E-state index in [9.17, 15) is 18.0 Å². The Kier molecular flexibility index (Phi) is 5.86. The zero-order chi connectivity index (χ0) is 15.3. The molecule has 1 aromatic carbocycles. The molecule has 0 fully saturated rings. The number of ether oxygens (including phenoxy) is 2. The van der Waals surface area contributed by atoms with Gasteiger partial charge in [-0.15, -0.1) is 0 Å². The highest BCUT2D eigenvalue weighted by atomic mass is 79.9. The number of ketones is 1. The van der Waals surface area contributed by atoms with Gasteiger partial charge in [0.05, 0.1) is 11.9 Å². The number of methoxy groups -OCH3 is 1. The molecule has 1 aromatic rings. The molecular formula is C13H14BrF3O3. The van der Waals surface area contributed by atoms with Gasteiger partial charge in [-0.1, -0.05) is 22.9 Å². The van der Waals surface area contributed by atoms with E-state index in [0.29, 0.717) is 6.42 Å². The van der Waals surface area contributed by atoms with Crippen molar-refractivity contribution in [3.63, 3.8) is 0 Å². The van der Waals surface area contributed by atoms with Gasteiger partial charge in [0.2, 0.25) is 0 Å². The molecule has 0 spiro atoms. The molecular weight excluding hydrogens is 341 g/mol. The molecule has 1 atom stereocenters. The minimum absolute atomic E-state index is 0.105. The summed E-state index contributed by atoms with van der Waals surface area (Å²) >= 11 is 3.21. The average Bonchev–Trinajstić information content (AvgIpc) is 2.42. The van der Waals surface area contributed by atoms with E-state index < -0.39 is 12.8 Å². The van der Waals surface area contributed by atoms with Crippen molar-refractivity contribution in [2.45, 2.75) is 24.3 Å². The van der Waals surface area contributed by atoms with Crippen LogP contribution < -0.4 is 9.47 Å². The topological polar surface area (TPSA) is 35.5 Å². The van der Waals surface area contributed by atoms with Gasteiger partial charge in [0.1, 0.15) is 0 Å². The molecule has 7 heteroatoms. The van der Waals surface area contributed by atoms with Crippen LogP contribution in [0.2, 0.25) is 0 Å². The number of halogens is 4. The zero-order valence-electron chi connectivity index (χ0n) is 11.0. The number of carbonyl (C=O) groups is 1. The number of hydrogen-bond donors (Lipinski definition) is 0. The molecule has 1 rings (SSSR count). The van der Waals surface area contributed by atoms with Crippen molar-refractivity contribution in [3.05, 3.63) is 23.8 Å². The third-order valence-electron chi connectivity index (χ3n) is 2.48. The average molecular weight is 355 g/mol. The molecule has 112 valence electrons. The van der Waals surface area contributed by atoms with Gasteiger partial charge >= 0.3 is 6.18 Å². The van der Waals surface area contributed by atoms with Crippen LogP contribution in [-0.4, -0.2) is 30.5 Å². The maximum Gasteiger partial charge on any atom is 0.422 e. The normalized spacial score (nSPS) is 12.9. The van der Waals surface area contributed by atoms with E-state index in [2.05, 4.69) is 20.7 Å². The summed E-state index contributed by atoms with van der Waals surface area (Å²) in [4.78, 5) is 11.6. The van der Waals surface area contributed by atoms with Gasteiger partial charge in [-0.3, -0.25) is 4.79 Å². The Bertz CT molecular complexity index is 474. The van der Waals surface area contributed by atoms with Crippen LogP contribution in [0, 0.1) is 0 Å². The second kappa shape index (κ2) is 6.97. The highest BCUT2D eigenvalue weighted by Gasteiger charge is 2.29. The van der Waals surface area contributed by atoms with Crippen molar-refractivity contribution in [2.75, 3.05) is 13.7 Å². The van der Waals surface area contributed by atoms with Crippen molar-refractivity contribution in [1.29, 1.82) is 0 Å². The third-order valence-corrected chi connectivity index (χ3v) is 3.55. The number of hydrogen-bond acceptors (Lipinski definition) is 3. The fourth-order valence-corrected chi connectivity index (χ4v) is 1.73. The highest BCUT2D eigenvalue weighted by Crippen LogP contribution is 2.30. The lowest BCUT2D eigenvalue weighted by atomic mass is 10.1. The van der Waals surface area contributed by atoms with Crippen molar-refractivity contribution >= 4 is 21.7 Å². The molecule has 0 radical (unpaired) electrons. The number of Topliss-reactive ketones (excluding diaryl/α,β-unsaturated/α-hetero) is 1. The van der Waals surface area contributed by atoms with Crippen LogP contribution in [0.1, 0.15) is 23.7 Å². The molecule has 0 heterocycles. The van der Waals surface area contributed by atoms with Crippen molar-refractivity contribution < 1.29 is 27.4 Å². The van der Waals surface area contributed by atoms with Crippen LogP contribution in [0.15, 0.2) is 18.2 Å². The second-order valence-electron chi connectivity index (χ2n) is 4.01. The van der Waals surface area contributed by atoms with E-state index in [1.165, 1.54) is 25.3 Å². The first-order chi connectivity index (χ1) is 9.28. The van der Waals surface area contributed by atoms with E-state index in [0.717, 1.165) is 0 Å². The molecule has 0 aliphatic heterocycles. The van der Waals surface area contributed by atoms with E-state index in [-0.39, 0.29) is 27.7 Å². The molecule has 20 heavy (non-hydrogen) atoms. The summed E-state index contributed by atoms with van der Waals surface area (Å²) in [7, 11) is 1.32. The Morgan fingerprint density at radius 1 is 1.35 bits per heavy atom. The van der Waals surface area contributed by atoms with E-state index in [4.69, 9.17) is 4.74 Å². The summed E-state index contributed by atoms with van der Waals surface area (Å²) in [5.74, 6) is -0.174. The number of alkyl halides is 4. The Morgan fingerprint density at radius 3 is 2.50 bits per heavy atom. The summed E-state index contributed by atoms with van der Waals surface area (Å²) in [6, 6.07) is 4.16. The summed E-state index contributed by atoms with van der Waals surface area (Å²) in [5, 5.41) is 0. The Labute approximate surface area is 123 Å². The van der Waals surface area contributed by atoms with E-state index in [1.54, 1.807) is 0 Å². The highest BCUT2D eigenvalue weighted by molar-refractivity contribution is 9.10. The first kappa shape index (κ1) is 16.8. The monoisotopic (exact) mass is 354 g/mol. The SMILES string of the molecule is CCC(Br)C(=O)c1ccc(OC)c(OCC(F)(F)F)c1. The molecule has 0 saturated heterocycles. The van der Waals surface area contributed by atoms with Gasteiger partial charge in [0.25, 0.3) is 0 Å². The van der Waals surface area contributed by atoms with E-state index >= 15 is 0 Å². The predicted molar refractivity (Wildman–Crippen MR) is 71.9 cm³/mol. The molecule has 0 bridgehead atoms. The van der Waals surface area contributed by atoms with Gasteiger partial charge in [-0.2, -0.15) is 13.2 Å². The number of carbonyl (C=O) groups excluding carboxylic acids is 1. The molecule has 0 aliphatic carbocycles. The lowest BCUT2D eigenvalue weighted by Gasteiger charge is -2.14. The summed E-state index contributed by atoms with van der Waals surface area (Å²) in [6.45, 7) is 0.383. The van der Waals surface area contributed by atoms with E-state index in [1.807, 2.05) is 6.92 Å². The van der Waals surface area contributed by atoms with Gasteiger partial charge < -0.3 is 9.47 Å². The fraction of sp³-hybridized carbons (Fsp3) is 0.462. The smallest absolute Gasteiger partial charge is 0.422 e. The van der Waals surface area contributed by atoms with Crippen molar-refractivity contribution in [3.8, 4) is 11.5 Å². The third kappa shape index (κ3) is 4.70. The largest absolute Gasteiger partial charge is 0.493 e. The number of rotatable bonds is 6. The lowest BCUT2D eigenvalue weighted by molar-refractivity contribution is -0.153. The predicted octanol–water partition coefficient (Wildman–Crippen LogP) is 3.99. The summed E-state index contributed by atoms with van der Waals surface area (Å²) in [5.41, 5.74) is 0.270. The van der Waals surface area contributed by atoms with Crippen LogP contribution in [-0.2, 0) is 0 Å². The Balaban J connectivity index is 2.99. The molecule has 0 aromatic heterocycles. The molecule has 1 unspecified atom stereocenters. The first-order valence-electron chi connectivity index (χ1n) is 5.84. The van der Waals surface area contributed by atoms with Gasteiger partial charge in [0.15, 0.2) is 23.9 Å². The van der Waals surface area contributed by atoms with Crippen LogP contribution in [0.5, 0.6) is 11.5 Å². The summed E-state index contributed by atoms with van der Waals surface area (Å²) < 4.78 is 46.1. The van der Waals surface area contributed by atoms with Crippen LogP contribution >= 0.6 is 15.9 Å². The van der Waals surface area contributed by atoms with Crippen LogP contribution in [0.25, 0.3) is 0 Å². The van der Waals surface area contributed by atoms with Gasteiger partial charge in [-0.25, -0.2) is 0 Å². The Hall–Kier alpha value is -1.24. The van der Waals surface area contributed by atoms with Crippen LogP contribution in [0.4, 0.5) is 13.2 Å². The summed E-state index contributed by atoms with van der Waals surface area (Å²) in [6.07, 6.45) is -3.88. The van der Waals surface area contributed by atoms with Crippen molar-refractivity contribution in [1.82, 2.24) is 0 Å². The molecule has 0 aliphatic rings. The van der Waals surface area contributed by atoms with Crippen molar-refractivity contribution in [2.24, 2.45) is 0 Å². The minimum atomic E-state index is -4.45. The standard InChI is InChI=1S/C13H14BrF3O3/c1-3-9(14)12(18)8-4-5-10(19-2)11(6-8)20-7-13(15,16)17/h4-6,9H,3,7H2,1-2H3. The van der Waals surface area contributed by atoms with Crippen LogP contribution in [0.3, 0.4) is 0 Å². The fourth-order valence-electron chi connectivity index (χ4n) is 1.47. The minimum Gasteiger partial charge on any atom is -0.493 e. The van der Waals surface area contributed by atoms with Gasteiger partial charge in [0, 0.05) is 5.56 Å². The molecule has 0 amide bonds. The first-order valence-corrected chi connectivity index (χ1v) is 6.76. The zero-order valence-corrected chi connectivity index (χ0v) is 12.5. The number of benzene rings is 1.